The summed E-state index contributed by atoms with van der Waals surface area (Å²) in [4.78, 5) is 46.6. The number of hydrogen-bond donors (Lipinski definition) is 0. The van der Waals surface area contributed by atoms with Crippen molar-refractivity contribution < 1.29 is 33.9 Å². The fourth-order valence-corrected chi connectivity index (χ4v) is 5.16. The molecule has 2 aromatic rings. The molecule has 0 bridgehead atoms. The third-order valence-corrected chi connectivity index (χ3v) is 6.79. The van der Waals surface area contributed by atoms with Crippen LogP contribution in [0.5, 0.6) is 0 Å². The standard InChI is InChI=1S/C22H22N4O11/c27-23(28)19(13-7-15-35-19)21(25(31)32,17-9-3-1-4-10-17)37-22(26(33)34,18-11-5-2-6-12-18)20(24(29)30)14-8-16-36-20/h1-6,9-12H,7-8,13-16H2. The predicted octanol–water partition coefficient (Wildman–Crippen LogP) is 2.83. The molecule has 0 aliphatic carbocycles. The maximum atomic E-state index is 13.0. The largest absolute Gasteiger partial charge is 0.453 e. The van der Waals surface area contributed by atoms with E-state index in [0.29, 0.717) is 0 Å². The fourth-order valence-electron chi connectivity index (χ4n) is 5.16. The molecule has 0 radical (unpaired) electrons. The maximum Gasteiger partial charge on any atom is 0.453 e. The summed E-state index contributed by atoms with van der Waals surface area (Å²) in [6, 6.07) is 12.7. The number of nitrogens with zero attached hydrogens (tertiary/aromatic N) is 4. The lowest BCUT2D eigenvalue weighted by molar-refractivity contribution is -0.835. The minimum atomic E-state index is -3.40. The van der Waals surface area contributed by atoms with Gasteiger partial charge >= 0.3 is 22.9 Å². The molecule has 15 heteroatoms. The Labute approximate surface area is 208 Å². The average Bonchev–Trinajstić information content (AvgIpc) is 3.58. The second kappa shape index (κ2) is 9.42. The van der Waals surface area contributed by atoms with E-state index in [1.807, 2.05) is 0 Å². The Morgan fingerprint density at radius 3 is 1.24 bits per heavy atom. The average molecular weight is 518 g/mol. The van der Waals surface area contributed by atoms with Crippen LogP contribution < -0.4 is 0 Å². The normalized spacial score (nSPS) is 26.6. The van der Waals surface area contributed by atoms with Gasteiger partial charge in [0.2, 0.25) is 0 Å². The van der Waals surface area contributed by atoms with Crippen LogP contribution >= 0.6 is 0 Å². The summed E-state index contributed by atoms with van der Waals surface area (Å²) in [5.41, 5.74) is -13.6. The van der Waals surface area contributed by atoms with Crippen LogP contribution in [-0.4, -0.2) is 44.4 Å². The number of ether oxygens (including phenoxy) is 3. The lowest BCUT2D eigenvalue weighted by Crippen LogP contribution is -2.71. The Hall–Kier alpha value is -4.08. The van der Waals surface area contributed by atoms with E-state index >= 15 is 0 Å². The molecule has 4 atom stereocenters. The minimum absolute atomic E-state index is 0.000440. The number of nitro groups is 4. The zero-order valence-corrected chi connectivity index (χ0v) is 19.3. The van der Waals surface area contributed by atoms with Gasteiger partial charge in [0, 0.05) is 0 Å². The molecule has 4 rings (SSSR count). The third kappa shape index (κ3) is 3.53. The SMILES string of the molecule is O=[N+]([O-])C1(C(OC(c2ccccc2)([N+](=O)[O-])C2([N+](=O)[O-])CCCO2)(c2ccccc2)[N+](=O)[O-])CCCO1. The summed E-state index contributed by atoms with van der Waals surface area (Å²) in [6.07, 6.45) is -1.10. The van der Waals surface area contributed by atoms with Crippen LogP contribution in [0, 0.1) is 40.5 Å². The first kappa shape index (κ1) is 26.0. The second-order valence-electron chi connectivity index (χ2n) is 8.62. The molecule has 2 fully saturated rings. The van der Waals surface area contributed by atoms with Gasteiger partial charge in [0.25, 0.3) is 0 Å². The van der Waals surface area contributed by atoms with E-state index in [1.54, 1.807) is 0 Å². The van der Waals surface area contributed by atoms with E-state index in [2.05, 4.69) is 0 Å². The van der Waals surface area contributed by atoms with E-state index in [-0.39, 0.29) is 26.1 Å². The van der Waals surface area contributed by atoms with Crippen LogP contribution in [-0.2, 0) is 25.7 Å². The summed E-state index contributed by atoms with van der Waals surface area (Å²) in [7, 11) is 0. The van der Waals surface area contributed by atoms with Crippen LogP contribution in [0.15, 0.2) is 60.7 Å². The molecule has 0 N–H and O–H groups in total. The van der Waals surface area contributed by atoms with Gasteiger partial charge in [-0.2, -0.15) is 0 Å². The summed E-state index contributed by atoms with van der Waals surface area (Å²) in [6.45, 7) is -0.555. The van der Waals surface area contributed by atoms with E-state index in [4.69, 9.17) is 14.2 Å². The van der Waals surface area contributed by atoms with Gasteiger partial charge in [0.15, 0.2) is 0 Å². The van der Waals surface area contributed by atoms with Crippen molar-refractivity contribution in [1.29, 1.82) is 0 Å². The molecule has 2 heterocycles. The van der Waals surface area contributed by atoms with Crippen molar-refractivity contribution in [3.63, 3.8) is 0 Å². The lowest BCUT2D eigenvalue weighted by atomic mass is 9.85. The van der Waals surface area contributed by atoms with Gasteiger partial charge in [0.05, 0.1) is 56.9 Å². The predicted molar refractivity (Wildman–Crippen MR) is 121 cm³/mol. The molecule has 0 saturated carbocycles. The van der Waals surface area contributed by atoms with Crippen molar-refractivity contribution in [3.8, 4) is 0 Å². The van der Waals surface area contributed by atoms with Gasteiger partial charge in [0.1, 0.15) is 0 Å². The van der Waals surface area contributed by atoms with Crippen molar-refractivity contribution >= 4 is 0 Å². The van der Waals surface area contributed by atoms with Gasteiger partial charge in [-0.15, -0.1) is 0 Å². The molecule has 0 amide bonds. The minimum Gasteiger partial charge on any atom is -0.307 e. The molecule has 196 valence electrons. The van der Waals surface area contributed by atoms with Crippen LogP contribution in [0.3, 0.4) is 0 Å². The molecule has 0 spiro atoms. The first-order valence-corrected chi connectivity index (χ1v) is 11.3. The second-order valence-corrected chi connectivity index (χ2v) is 8.62. The molecular weight excluding hydrogens is 496 g/mol. The van der Waals surface area contributed by atoms with Crippen LogP contribution in [0.2, 0.25) is 0 Å². The van der Waals surface area contributed by atoms with Gasteiger partial charge < -0.3 is 9.47 Å². The fraction of sp³-hybridized carbons (Fsp3) is 0.455. The first-order valence-electron chi connectivity index (χ1n) is 11.3. The van der Waals surface area contributed by atoms with Gasteiger partial charge in [-0.1, -0.05) is 36.4 Å². The lowest BCUT2D eigenvalue weighted by Gasteiger charge is -2.40. The Morgan fingerprint density at radius 1 is 0.649 bits per heavy atom. The summed E-state index contributed by atoms with van der Waals surface area (Å²) >= 11 is 0. The zero-order valence-electron chi connectivity index (χ0n) is 19.3. The number of benzene rings is 2. The van der Waals surface area contributed by atoms with Crippen molar-refractivity contribution in [2.24, 2.45) is 0 Å². The molecule has 15 nitrogen and oxygen atoms in total. The molecule has 2 aromatic carbocycles. The van der Waals surface area contributed by atoms with Crippen LogP contribution in [0.25, 0.3) is 0 Å². The quantitative estimate of drug-likeness (QED) is 0.254. The van der Waals surface area contributed by atoms with Gasteiger partial charge in [-0.25, -0.2) is 4.74 Å². The summed E-state index contributed by atoms with van der Waals surface area (Å²) in [5, 5.41) is 51.1. The molecule has 2 saturated heterocycles. The summed E-state index contributed by atoms with van der Waals surface area (Å²) in [5.74, 6) is 0. The van der Waals surface area contributed by atoms with Gasteiger partial charge in [-0.3, -0.25) is 40.5 Å². The smallest absolute Gasteiger partial charge is 0.307 e. The van der Waals surface area contributed by atoms with Crippen molar-refractivity contribution in [2.45, 2.75) is 48.6 Å². The van der Waals surface area contributed by atoms with E-state index in [9.17, 15) is 40.5 Å². The van der Waals surface area contributed by atoms with E-state index in [0.717, 1.165) is 24.3 Å². The molecular formula is C22H22N4O11. The number of rotatable bonds is 10. The van der Waals surface area contributed by atoms with Gasteiger partial charge in [-0.05, 0) is 37.1 Å². The maximum absolute atomic E-state index is 13.0. The number of hydrogen-bond acceptors (Lipinski definition) is 11. The highest BCUT2D eigenvalue weighted by molar-refractivity contribution is 5.27. The topological polar surface area (TPSA) is 200 Å². The first-order chi connectivity index (χ1) is 17.6. The van der Waals surface area contributed by atoms with Crippen LogP contribution in [0.4, 0.5) is 0 Å². The molecule has 4 unspecified atom stereocenters. The van der Waals surface area contributed by atoms with Crippen molar-refractivity contribution in [3.05, 3.63) is 112 Å². The Bertz CT molecular complexity index is 1110. The highest BCUT2D eigenvalue weighted by Crippen LogP contribution is 2.55. The van der Waals surface area contributed by atoms with E-state index < -0.39 is 66.6 Å². The Balaban J connectivity index is 2.15. The monoisotopic (exact) mass is 518 g/mol. The molecule has 0 aromatic heterocycles. The summed E-state index contributed by atoms with van der Waals surface area (Å²) < 4.78 is 16.7. The highest BCUT2D eigenvalue weighted by Gasteiger charge is 2.86. The van der Waals surface area contributed by atoms with E-state index in [1.165, 1.54) is 36.4 Å². The van der Waals surface area contributed by atoms with Crippen LogP contribution in [0.1, 0.15) is 36.8 Å². The van der Waals surface area contributed by atoms with Crippen molar-refractivity contribution in [2.75, 3.05) is 13.2 Å². The molecule has 37 heavy (non-hydrogen) atoms. The highest BCUT2D eigenvalue weighted by atomic mass is 16.8. The Kier molecular flexibility index (Phi) is 6.62. The third-order valence-electron chi connectivity index (χ3n) is 6.79. The molecule has 2 aliphatic heterocycles. The molecule has 2 aliphatic rings. The van der Waals surface area contributed by atoms with Crippen molar-refractivity contribution in [1.82, 2.24) is 0 Å². The zero-order chi connectivity index (χ0) is 26.9. The Morgan fingerprint density at radius 2 is 1.00 bits per heavy atom.